The van der Waals surface area contributed by atoms with Crippen molar-refractivity contribution in [3.8, 4) is 17.5 Å². The van der Waals surface area contributed by atoms with Crippen molar-refractivity contribution in [2.75, 3.05) is 0 Å². The Labute approximate surface area is 189 Å². The molecule has 0 radical (unpaired) electrons. The summed E-state index contributed by atoms with van der Waals surface area (Å²) >= 11 is 0. The fourth-order valence-electron chi connectivity index (χ4n) is 3.80. The largest absolute Gasteiger partial charge is 0.378 e. The molecule has 0 unspecified atom stereocenters. The highest BCUT2D eigenvalue weighted by molar-refractivity contribution is 5.90. The van der Waals surface area contributed by atoms with Crippen molar-refractivity contribution >= 4 is 10.8 Å². The van der Waals surface area contributed by atoms with Crippen molar-refractivity contribution in [2.24, 2.45) is 0 Å². The van der Waals surface area contributed by atoms with Gasteiger partial charge in [0.1, 0.15) is 5.60 Å². The molecule has 4 heteroatoms. The van der Waals surface area contributed by atoms with Crippen LogP contribution in [0.15, 0.2) is 72.9 Å². The lowest BCUT2D eigenvalue weighted by molar-refractivity contribution is 0.143. The summed E-state index contributed by atoms with van der Waals surface area (Å²) in [5.41, 5.74) is 4.52. The minimum absolute atomic E-state index is 0.161. The van der Waals surface area contributed by atoms with Crippen molar-refractivity contribution in [3.05, 3.63) is 95.3 Å². The lowest BCUT2D eigenvalue weighted by Gasteiger charge is -2.15. The maximum atomic E-state index is 9.75. The fourth-order valence-corrected chi connectivity index (χ4v) is 3.80. The molecule has 1 aromatic heterocycles. The Kier molecular flexibility index (Phi) is 6.14. The Morgan fingerprint density at radius 3 is 2.50 bits per heavy atom. The second-order valence-corrected chi connectivity index (χ2v) is 8.70. The van der Waals surface area contributed by atoms with E-state index in [1.165, 1.54) is 21.9 Å². The van der Waals surface area contributed by atoms with Crippen LogP contribution in [0.3, 0.4) is 0 Å². The Hall–Kier alpha value is -3.39. The Morgan fingerprint density at radius 2 is 1.75 bits per heavy atom. The van der Waals surface area contributed by atoms with E-state index in [0.29, 0.717) is 0 Å². The summed E-state index contributed by atoms with van der Waals surface area (Å²) < 4.78 is 2.03. The second kappa shape index (κ2) is 9.00. The lowest BCUT2D eigenvalue weighted by atomic mass is 10.1. The van der Waals surface area contributed by atoms with Gasteiger partial charge in [0.15, 0.2) is 0 Å². The topological polar surface area (TPSA) is 50.1 Å². The normalized spacial score (nSPS) is 12.4. The highest BCUT2D eigenvalue weighted by atomic mass is 16.3. The van der Waals surface area contributed by atoms with E-state index in [9.17, 15) is 5.11 Å². The van der Waals surface area contributed by atoms with Crippen LogP contribution in [0.4, 0.5) is 0 Å². The summed E-state index contributed by atoms with van der Waals surface area (Å²) in [4.78, 5) is 0. The molecule has 4 rings (SSSR count). The quantitative estimate of drug-likeness (QED) is 0.428. The zero-order valence-electron chi connectivity index (χ0n) is 19.1. The molecule has 0 aliphatic rings. The minimum atomic E-state index is -0.982. The molecule has 0 saturated heterocycles. The predicted octanol–water partition coefficient (Wildman–Crippen LogP) is 5.31. The van der Waals surface area contributed by atoms with Gasteiger partial charge in [-0.1, -0.05) is 60.4 Å². The van der Waals surface area contributed by atoms with Crippen molar-refractivity contribution in [1.82, 2.24) is 15.1 Å². The number of aromatic nitrogens is 2. The van der Waals surface area contributed by atoms with E-state index in [0.717, 1.165) is 23.5 Å². The molecule has 32 heavy (non-hydrogen) atoms. The van der Waals surface area contributed by atoms with E-state index in [2.05, 4.69) is 85.6 Å². The van der Waals surface area contributed by atoms with Crippen LogP contribution >= 0.6 is 0 Å². The molecule has 3 aromatic carbocycles. The molecule has 162 valence electrons. The predicted molar refractivity (Wildman–Crippen MR) is 131 cm³/mol. The molecule has 0 aliphatic carbocycles. The third-order valence-corrected chi connectivity index (χ3v) is 5.59. The first-order chi connectivity index (χ1) is 15.3. The Balaban J connectivity index is 1.47. The maximum Gasteiger partial charge on any atom is 0.120 e. The van der Waals surface area contributed by atoms with Gasteiger partial charge in [0.25, 0.3) is 0 Å². The molecule has 0 aliphatic heterocycles. The van der Waals surface area contributed by atoms with Crippen LogP contribution in [0.2, 0.25) is 0 Å². The number of aliphatic hydroxyl groups is 1. The molecule has 0 fully saturated rings. The summed E-state index contributed by atoms with van der Waals surface area (Å²) in [5, 5.41) is 20.5. The SMILES string of the molecule is Cc1c([C@@H](C)NCc2ccc(C#CC(C)(C)O)cc2)cnn1-c1cccc2ccccc12. The summed E-state index contributed by atoms with van der Waals surface area (Å²) in [6, 6.07) is 23.0. The van der Waals surface area contributed by atoms with Crippen molar-refractivity contribution < 1.29 is 5.11 Å². The molecule has 0 amide bonds. The number of hydrogen-bond donors (Lipinski definition) is 2. The number of nitrogens with zero attached hydrogens (tertiary/aromatic N) is 2. The second-order valence-electron chi connectivity index (χ2n) is 8.70. The number of rotatable bonds is 5. The molecule has 1 atom stereocenters. The third kappa shape index (κ3) is 4.91. The highest BCUT2D eigenvalue weighted by Crippen LogP contribution is 2.26. The van der Waals surface area contributed by atoms with Gasteiger partial charge in [-0.2, -0.15) is 5.10 Å². The van der Waals surface area contributed by atoms with E-state index in [1.807, 2.05) is 23.0 Å². The summed E-state index contributed by atoms with van der Waals surface area (Å²) in [6.07, 6.45) is 1.96. The maximum absolute atomic E-state index is 9.75. The van der Waals surface area contributed by atoms with E-state index in [-0.39, 0.29) is 6.04 Å². The van der Waals surface area contributed by atoms with Gasteiger partial charge in [-0.15, -0.1) is 0 Å². The Bertz CT molecular complexity index is 1280. The minimum Gasteiger partial charge on any atom is -0.378 e. The van der Waals surface area contributed by atoms with E-state index in [1.54, 1.807) is 13.8 Å². The van der Waals surface area contributed by atoms with Gasteiger partial charge in [-0.3, -0.25) is 0 Å². The van der Waals surface area contributed by atoms with Gasteiger partial charge in [-0.05, 0) is 56.8 Å². The third-order valence-electron chi connectivity index (χ3n) is 5.59. The smallest absolute Gasteiger partial charge is 0.120 e. The van der Waals surface area contributed by atoms with Gasteiger partial charge in [0.2, 0.25) is 0 Å². The van der Waals surface area contributed by atoms with Gasteiger partial charge in [-0.25, -0.2) is 4.68 Å². The summed E-state index contributed by atoms with van der Waals surface area (Å²) in [6.45, 7) is 8.41. The van der Waals surface area contributed by atoms with Gasteiger partial charge in [0, 0.05) is 34.8 Å². The molecule has 4 nitrogen and oxygen atoms in total. The highest BCUT2D eigenvalue weighted by Gasteiger charge is 2.15. The summed E-state index contributed by atoms with van der Waals surface area (Å²) in [7, 11) is 0. The van der Waals surface area contributed by atoms with Gasteiger partial charge in [0.05, 0.1) is 11.9 Å². The number of benzene rings is 3. The first-order valence-corrected chi connectivity index (χ1v) is 10.9. The first-order valence-electron chi connectivity index (χ1n) is 10.9. The fraction of sp³-hybridized carbons (Fsp3) is 0.250. The first kappa shape index (κ1) is 21.8. The van der Waals surface area contributed by atoms with E-state index < -0.39 is 5.60 Å². The van der Waals surface area contributed by atoms with Crippen LogP contribution < -0.4 is 5.32 Å². The average Bonchev–Trinajstić information content (AvgIpc) is 3.17. The number of nitrogens with one attached hydrogen (secondary N) is 1. The summed E-state index contributed by atoms with van der Waals surface area (Å²) in [5.74, 6) is 5.85. The zero-order chi connectivity index (χ0) is 22.7. The molecule has 1 heterocycles. The van der Waals surface area contributed by atoms with Crippen molar-refractivity contribution in [2.45, 2.75) is 45.9 Å². The zero-order valence-corrected chi connectivity index (χ0v) is 19.1. The molecule has 4 aromatic rings. The lowest BCUT2D eigenvalue weighted by Crippen LogP contribution is -2.18. The van der Waals surface area contributed by atoms with Crippen molar-refractivity contribution in [3.63, 3.8) is 0 Å². The molecular formula is C28H29N3O. The monoisotopic (exact) mass is 423 g/mol. The molecule has 0 bridgehead atoms. The number of fused-ring (bicyclic) bond motifs is 1. The van der Waals surface area contributed by atoms with E-state index in [4.69, 9.17) is 5.10 Å². The van der Waals surface area contributed by atoms with Crippen molar-refractivity contribution in [1.29, 1.82) is 0 Å². The number of hydrogen-bond acceptors (Lipinski definition) is 3. The van der Waals surface area contributed by atoms with Gasteiger partial charge >= 0.3 is 0 Å². The van der Waals surface area contributed by atoms with Gasteiger partial charge < -0.3 is 10.4 Å². The molecular weight excluding hydrogens is 394 g/mol. The Morgan fingerprint density at radius 1 is 1.03 bits per heavy atom. The standard InChI is InChI=1S/C28H29N3O/c1-20(29-18-23-14-12-22(13-15-23)16-17-28(3,4)32)26-19-30-31(21(26)2)27-11-7-9-24-8-5-6-10-25(24)27/h5-15,19-20,29,32H,18H2,1-4H3/t20-/m1/s1. The van der Waals surface area contributed by atoms with Crippen LogP contribution in [0.1, 0.15) is 49.2 Å². The van der Waals surface area contributed by atoms with Crippen LogP contribution in [0.25, 0.3) is 16.5 Å². The van der Waals surface area contributed by atoms with Crippen LogP contribution in [0.5, 0.6) is 0 Å². The molecule has 0 saturated carbocycles. The molecule has 2 N–H and O–H groups in total. The average molecular weight is 424 g/mol. The van der Waals surface area contributed by atoms with Crippen LogP contribution in [0, 0.1) is 18.8 Å². The van der Waals surface area contributed by atoms with E-state index >= 15 is 0 Å². The molecule has 0 spiro atoms. The van der Waals surface area contributed by atoms with Crippen LogP contribution in [-0.2, 0) is 6.54 Å². The van der Waals surface area contributed by atoms with Crippen LogP contribution in [-0.4, -0.2) is 20.5 Å².